The lowest BCUT2D eigenvalue weighted by molar-refractivity contribution is 0.0950. The molecule has 1 amide bonds. The van der Waals surface area contributed by atoms with Crippen molar-refractivity contribution >= 4 is 15.9 Å². The molecule has 2 N–H and O–H groups in total. The summed E-state index contributed by atoms with van der Waals surface area (Å²) in [7, 11) is -0.559. The highest BCUT2D eigenvalue weighted by atomic mass is 32.2. The zero-order chi connectivity index (χ0) is 19.7. The smallest absolute Gasteiger partial charge is 0.251 e. The number of ether oxygens (including phenoxy) is 2. The van der Waals surface area contributed by atoms with Gasteiger partial charge in [-0.2, -0.15) is 0 Å². The molecule has 2 rings (SSSR count). The van der Waals surface area contributed by atoms with E-state index < -0.39 is 10.0 Å². The first-order chi connectivity index (χ1) is 13.0. The Hall–Kier alpha value is -2.42. The number of benzene rings is 2. The van der Waals surface area contributed by atoms with Gasteiger partial charge in [-0.3, -0.25) is 4.79 Å². The molecule has 0 saturated heterocycles. The topological polar surface area (TPSA) is 93.7 Å². The summed E-state index contributed by atoms with van der Waals surface area (Å²) in [6.45, 7) is 1.00. The number of hydrogen-bond donors (Lipinski definition) is 2. The van der Waals surface area contributed by atoms with Crippen LogP contribution >= 0.6 is 0 Å². The molecule has 2 aromatic rings. The predicted octanol–water partition coefficient (Wildman–Crippen LogP) is 1.94. The van der Waals surface area contributed by atoms with E-state index in [4.69, 9.17) is 9.47 Å². The van der Waals surface area contributed by atoms with E-state index in [2.05, 4.69) is 10.0 Å². The van der Waals surface area contributed by atoms with Gasteiger partial charge >= 0.3 is 0 Å². The third-order valence-electron chi connectivity index (χ3n) is 3.86. The Kier molecular flexibility index (Phi) is 7.78. The van der Waals surface area contributed by atoms with E-state index in [1.807, 2.05) is 24.3 Å². The number of hydrogen-bond acceptors (Lipinski definition) is 5. The van der Waals surface area contributed by atoms with Gasteiger partial charge < -0.3 is 14.8 Å². The van der Waals surface area contributed by atoms with Gasteiger partial charge in [-0.05, 0) is 30.7 Å². The van der Waals surface area contributed by atoms with E-state index in [9.17, 15) is 13.2 Å². The Labute approximate surface area is 159 Å². The molecule has 0 unspecified atom stereocenters. The van der Waals surface area contributed by atoms with E-state index in [-0.39, 0.29) is 29.5 Å². The number of methoxy groups -OCH3 is 2. The maximum atomic E-state index is 12.4. The summed E-state index contributed by atoms with van der Waals surface area (Å²) in [6.07, 6.45) is 0.564. The molecule has 0 aliphatic carbocycles. The van der Waals surface area contributed by atoms with Crippen LogP contribution in [0.3, 0.4) is 0 Å². The summed E-state index contributed by atoms with van der Waals surface area (Å²) in [5.74, 6) is 0.312. The molecular weight excluding hydrogens is 368 g/mol. The Morgan fingerprint density at radius 1 is 1.07 bits per heavy atom. The molecule has 0 atom stereocenters. The van der Waals surface area contributed by atoms with Crippen molar-refractivity contribution in [1.82, 2.24) is 10.0 Å². The molecule has 0 heterocycles. The molecule has 0 bridgehead atoms. The highest BCUT2D eigenvalue weighted by Crippen LogP contribution is 2.17. The summed E-state index contributed by atoms with van der Waals surface area (Å²) in [4.78, 5) is 12.5. The first-order valence-electron chi connectivity index (χ1n) is 8.46. The van der Waals surface area contributed by atoms with Crippen LogP contribution in [0.2, 0.25) is 0 Å². The molecule has 2 aromatic carbocycles. The monoisotopic (exact) mass is 392 g/mol. The lowest BCUT2D eigenvalue weighted by Gasteiger charge is -2.11. The zero-order valence-electron chi connectivity index (χ0n) is 15.4. The van der Waals surface area contributed by atoms with Crippen LogP contribution in [0, 0.1) is 0 Å². The second kappa shape index (κ2) is 10.1. The number of nitrogens with one attached hydrogen (secondary N) is 2. The van der Waals surface area contributed by atoms with E-state index >= 15 is 0 Å². The third-order valence-corrected chi connectivity index (χ3v) is 5.31. The quantitative estimate of drug-likeness (QED) is 0.603. The molecule has 0 aliphatic heterocycles. The van der Waals surface area contributed by atoms with Crippen LogP contribution in [0.1, 0.15) is 22.3 Å². The van der Waals surface area contributed by atoms with Gasteiger partial charge in [0.25, 0.3) is 5.91 Å². The number of amides is 1. The van der Waals surface area contributed by atoms with Gasteiger partial charge in [0, 0.05) is 37.9 Å². The lowest BCUT2D eigenvalue weighted by Crippen LogP contribution is -2.27. The number of rotatable bonds is 10. The van der Waals surface area contributed by atoms with Crippen molar-refractivity contribution < 1.29 is 22.7 Å². The van der Waals surface area contributed by atoms with Crippen LogP contribution in [0.4, 0.5) is 0 Å². The van der Waals surface area contributed by atoms with Gasteiger partial charge in [0.1, 0.15) is 5.75 Å². The molecule has 0 aliphatic rings. The van der Waals surface area contributed by atoms with Gasteiger partial charge in [-0.25, -0.2) is 13.1 Å². The van der Waals surface area contributed by atoms with Crippen LogP contribution in [0.15, 0.2) is 53.4 Å². The second-order valence-electron chi connectivity index (χ2n) is 5.77. The summed E-state index contributed by atoms with van der Waals surface area (Å²) in [5, 5.41) is 2.78. The highest BCUT2D eigenvalue weighted by Gasteiger charge is 2.16. The average Bonchev–Trinajstić information content (AvgIpc) is 2.69. The third kappa shape index (κ3) is 6.06. The summed E-state index contributed by atoms with van der Waals surface area (Å²) < 4.78 is 37.3. The Morgan fingerprint density at radius 3 is 2.59 bits per heavy atom. The molecule has 0 saturated carbocycles. The fourth-order valence-corrected chi connectivity index (χ4v) is 3.56. The minimum Gasteiger partial charge on any atom is -0.496 e. The molecule has 0 fully saturated rings. The van der Waals surface area contributed by atoms with Crippen molar-refractivity contribution in [3.63, 3.8) is 0 Å². The predicted molar refractivity (Wildman–Crippen MR) is 102 cm³/mol. The van der Waals surface area contributed by atoms with Crippen molar-refractivity contribution in [2.45, 2.75) is 17.9 Å². The standard InChI is InChI=1S/C19H24N2O5S/c1-25-12-6-11-21-27(23,24)17-9-5-8-15(13-17)19(22)20-14-16-7-3-4-10-18(16)26-2/h3-5,7-10,13,21H,6,11-12,14H2,1-2H3,(H,20,22). The Bertz CT molecular complexity index is 868. The average molecular weight is 392 g/mol. The van der Waals surface area contributed by atoms with Gasteiger partial charge in [-0.15, -0.1) is 0 Å². The number of para-hydroxylation sites is 1. The molecule has 7 nitrogen and oxygen atoms in total. The number of carbonyl (C=O) groups excluding carboxylic acids is 1. The fourth-order valence-electron chi connectivity index (χ4n) is 2.44. The molecule has 8 heteroatoms. The lowest BCUT2D eigenvalue weighted by atomic mass is 10.2. The van der Waals surface area contributed by atoms with Crippen molar-refractivity contribution in [2.24, 2.45) is 0 Å². The molecule has 0 spiro atoms. The SMILES string of the molecule is COCCCNS(=O)(=O)c1cccc(C(=O)NCc2ccccc2OC)c1. The van der Waals surface area contributed by atoms with Crippen molar-refractivity contribution in [1.29, 1.82) is 0 Å². The Morgan fingerprint density at radius 2 is 1.85 bits per heavy atom. The number of sulfonamides is 1. The molecule has 0 aromatic heterocycles. The summed E-state index contributed by atoms with van der Waals surface area (Å²) in [5.41, 5.74) is 1.10. The molecule has 27 heavy (non-hydrogen) atoms. The van der Waals surface area contributed by atoms with Gasteiger partial charge in [0.2, 0.25) is 10.0 Å². The van der Waals surface area contributed by atoms with Crippen LogP contribution < -0.4 is 14.8 Å². The maximum absolute atomic E-state index is 12.4. The largest absolute Gasteiger partial charge is 0.496 e. The molecular formula is C19H24N2O5S. The van der Waals surface area contributed by atoms with Crippen LogP contribution in [0.5, 0.6) is 5.75 Å². The maximum Gasteiger partial charge on any atom is 0.251 e. The van der Waals surface area contributed by atoms with Crippen molar-refractivity contribution in [3.05, 3.63) is 59.7 Å². The van der Waals surface area contributed by atoms with E-state index in [0.717, 1.165) is 5.56 Å². The summed E-state index contributed by atoms with van der Waals surface area (Å²) >= 11 is 0. The van der Waals surface area contributed by atoms with Crippen molar-refractivity contribution in [3.8, 4) is 5.75 Å². The van der Waals surface area contributed by atoms with E-state index in [1.54, 1.807) is 26.4 Å². The minimum atomic E-state index is -3.68. The first-order valence-corrected chi connectivity index (χ1v) is 9.95. The van der Waals surface area contributed by atoms with Gasteiger partial charge in [-0.1, -0.05) is 24.3 Å². The van der Waals surface area contributed by atoms with Crippen molar-refractivity contribution in [2.75, 3.05) is 27.4 Å². The fraction of sp³-hybridized carbons (Fsp3) is 0.316. The summed E-state index contributed by atoms with van der Waals surface area (Å²) in [6, 6.07) is 13.3. The minimum absolute atomic E-state index is 0.0462. The zero-order valence-corrected chi connectivity index (χ0v) is 16.2. The van der Waals surface area contributed by atoms with Gasteiger partial charge in [0.05, 0.1) is 12.0 Å². The Balaban J connectivity index is 2.04. The van der Waals surface area contributed by atoms with Crippen LogP contribution in [-0.2, 0) is 21.3 Å². The van der Waals surface area contributed by atoms with Crippen LogP contribution in [0.25, 0.3) is 0 Å². The van der Waals surface area contributed by atoms with Crippen LogP contribution in [-0.4, -0.2) is 41.7 Å². The highest BCUT2D eigenvalue weighted by molar-refractivity contribution is 7.89. The normalized spacial score (nSPS) is 11.2. The molecule has 146 valence electrons. The number of carbonyl (C=O) groups is 1. The van der Waals surface area contributed by atoms with Gasteiger partial charge in [0.15, 0.2) is 0 Å². The molecule has 0 radical (unpaired) electrons. The van der Waals surface area contributed by atoms with E-state index in [0.29, 0.717) is 18.8 Å². The van der Waals surface area contributed by atoms with E-state index in [1.165, 1.54) is 12.1 Å². The second-order valence-corrected chi connectivity index (χ2v) is 7.53. The first kappa shape index (κ1) is 20.9.